The molecule has 0 heterocycles. The Balaban J connectivity index is 2.04. The van der Waals surface area contributed by atoms with Crippen LogP contribution in [-0.4, -0.2) is 11.2 Å². The van der Waals surface area contributed by atoms with Crippen LogP contribution in [0.3, 0.4) is 0 Å². The van der Waals surface area contributed by atoms with Crippen molar-refractivity contribution < 1.29 is 5.11 Å². The second-order valence-electron chi connectivity index (χ2n) is 3.94. The third kappa shape index (κ3) is 0.564. The summed E-state index contributed by atoms with van der Waals surface area (Å²) in [5, 5.41) is 9.74. The molecule has 1 fully saturated rings. The van der Waals surface area contributed by atoms with E-state index in [0.29, 0.717) is 17.8 Å². The van der Waals surface area contributed by atoms with E-state index in [1.165, 1.54) is 6.42 Å². The number of fused-ring (bicyclic) bond motifs is 5. The molecule has 0 aromatic heterocycles. The molecule has 58 valence electrons. The minimum atomic E-state index is -0.0602. The first-order valence-electron chi connectivity index (χ1n) is 4.41. The highest BCUT2D eigenvalue weighted by Crippen LogP contribution is 2.52. The van der Waals surface area contributed by atoms with Gasteiger partial charge in [0.2, 0.25) is 0 Å². The van der Waals surface area contributed by atoms with Gasteiger partial charge in [-0.2, -0.15) is 0 Å². The van der Waals surface area contributed by atoms with Gasteiger partial charge < -0.3 is 5.11 Å². The van der Waals surface area contributed by atoms with Crippen LogP contribution in [0.4, 0.5) is 0 Å². The average Bonchev–Trinajstić information content (AvgIpc) is 2.61. The molecule has 5 atom stereocenters. The molecule has 0 radical (unpaired) electrons. The fourth-order valence-electron chi connectivity index (χ4n) is 3.01. The van der Waals surface area contributed by atoms with Gasteiger partial charge in [-0.25, -0.2) is 0 Å². The minimum Gasteiger partial charge on any atom is -0.392 e. The molecule has 2 bridgehead atoms. The van der Waals surface area contributed by atoms with Gasteiger partial charge in [0.25, 0.3) is 0 Å². The van der Waals surface area contributed by atoms with E-state index in [1.54, 1.807) is 0 Å². The van der Waals surface area contributed by atoms with Gasteiger partial charge in [0.15, 0.2) is 0 Å². The van der Waals surface area contributed by atoms with E-state index in [-0.39, 0.29) is 6.10 Å². The Morgan fingerprint density at radius 2 is 1.82 bits per heavy atom. The summed E-state index contributed by atoms with van der Waals surface area (Å²) in [5.74, 6) is 2.32. The lowest BCUT2D eigenvalue weighted by molar-refractivity contribution is 0.128. The van der Waals surface area contributed by atoms with Crippen LogP contribution in [0.1, 0.15) is 6.42 Å². The normalized spacial score (nSPS) is 57.4. The Hall–Kier alpha value is -0.560. The fourth-order valence-corrected chi connectivity index (χ4v) is 3.01. The lowest BCUT2D eigenvalue weighted by Crippen LogP contribution is -2.15. The van der Waals surface area contributed by atoms with Crippen molar-refractivity contribution in [2.45, 2.75) is 12.5 Å². The van der Waals surface area contributed by atoms with E-state index in [0.717, 1.165) is 5.92 Å². The molecule has 0 aliphatic heterocycles. The molecule has 0 aromatic rings. The van der Waals surface area contributed by atoms with Gasteiger partial charge in [0, 0.05) is 11.8 Å². The quantitative estimate of drug-likeness (QED) is 0.514. The van der Waals surface area contributed by atoms with Crippen molar-refractivity contribution in [2.75, 3.05) is 0 Å². The predicted octanol–water partition coefficient (Wildman–Crippen LogP) is 1.36. The second kappa shape index (κ2) is 1.78. The molecule has 0 unspecified atom stereocenters. The molecule has 0 saturated heterocycles. The van der Waals surface area contributed by atoms with Gasteiger partial charge in [0.05, 0.1) is 6.10 Å². The minimum absolute atomic E-state index is 0.0602. The smallest absolute Gasteiger partial charge is 0.0674 e. The van der Waals surface area contributed by atoms with E-state index in [1.807, 2.05) is 0 Å². The molecule has 3 aliphatic rings. The third-order valence-corrected chi connectivity index (χ3v) is 3.54. The van der Waals surface area contributed by atoms with Gasteiger partial charge in [0.1, 0.15) is 0 Å². The lowest BCUT2D eigenvalue weighted by Gasteiger charge is -2.18. The lowest BCUT2D eigenvalue weighted by atomic mass is 9.86. The zero-order chi connectivity index (χ0) is 7.42. The van der Waals surface area contributed by atoms with E-state index >= 15 is 0 Å². The second-order valence-corrected chi connectivity index (χ2v) is 3.94. The third-order valence-electron chi connectivity index (χ3n) is 3.54. The molecule has 1 heteroatoms. The Morgan fingerprint density at radius 1 is 1.00 bits per heavy atom. The van der Waals surface area contributed by atoms with E-state index in [4.69, 9.17) is 0 Å². The van der Waals surface area contributed by atoms with Crippen molar-refractivity contribution in [1.82, 2.24) is 0 Å². The highest BCUT2D eigenvalue weighted by atomic mass is 16.3. The summed E-state index contributed by atoms with van der Waals surface area (Å²) in [6, 6.07) is 0. The summed E-state index contributed by atoms with van der Waals surface area (Å²) >= 11 is 0. The molecular weight excluding hydrogens is 136 g/mol. The molecule has 0 aromatic carbocycles. The summed E-state index contributed by atoms with van der Waals surface area (Å²) in [5.41, 5.74) is 0. The number of hydrogen-bond acceptors (Lipinski definition) is 1. The van der Waals surface area contributed by atoms with Crippen LogP contribution in [0.15, 0.2) is 24.3 Å². The maximum absolute atomic E-state index is 9.74. The van der Waals surface area contributed by atoms with Gasteiger partial charge >= 0.3 is 0 Å². The number of hydrogen-bond donors (Lipinski definition) is 1. The van der Waals surface area contributed by atoms with Crippen molar-refractivity contribution in [3.63, 3.8) is 0 Å². The van der Waals surface area contributed by atoms with E-state index in [9.17, 15) is 5.11 Å². The Labute approximate surface area is 66.4 Å². The maximum atomic E-state index is 9.74. The van der Waals surface area contributed by atoms with Crippen LogP contribution in [0, 0.1) is 23.7 Å². The number of aliphatic hydroxyl groups is 1. The Morgan fingerprint density at radius 3 is 2.64 bits per heavy atom. The summed E-state index contributed by atoms with van der Waals surface area (Å²) in [6.45, 7) is 0. The summed E-state index contributed by atoms with van der Waals surface area (Å²) in [6.07, 6.45) is 10.1. The summed E-state index contributed by atoms with van der Waals surface area (Å²) in [7, 11) is 0. The van der Waals surface area contributed by atoms with Crippen molar-refractivity contribution in [3.05, 3.63) is 24.3 Å². The monoisotopic (exact) mass is 148 g/mol. The number of allylic oxidation sites excluding steroid dienone is 2. The zero-order valence-corrected chi connectivity index (χ0v) is 6.35. The average molecular weight is 148 g/mol. The standard InChI is InChI=1S/C10H12O/c11-10-8-4-5-9(10)7-3-1-2-6(7)8/h1-2,4-11H,3H2/t6-,7+,8+,9+,10-/m1/s1. The summed E-state index contributed by atoms with van der Waals surface area (Å²) in [4.78, 5) is 0. The van der Waals surface area contributed by atoms with Crippen LogP contribution in [0.25, 0.3) is 0 Å². The first-order chi connectivity index (χ1) is 5.38. The highest BCUT2D eigenvalue weighted by molar-refractivity contribution is 5.25. The SMILES string of the molecule is O[C@@H]1[C@H]2C=C[C@H]1[C@H]1CC=C[C@@H]21. The van der Waals surface area contributed by atoms with Crippen LogP contribution >= 0.6 is 0 Å². The van der Waals surface area contributed by atoms with E-state index < -0.39 is 0 Å². The zero-order valence-electron chi connectivity index (χ0n) is 6.35. The molecular formula is C10H12O. The molecule has 1 saturated carbocycles. The van der Waals surface area contributed by atoms with Crippen LogP contribution in [0.5, 0.6) is 0 Å². The number of aliphatic hydroxyl groups excluding tert-OH is 1. The maximum Gasteiger partial charge on any atom is 0.0674 e. The Kier molecular flexibility index (Phi) is 0.972. The molecule has 0 spiro atoms. The topological polar surface area (TPSA) is 20.2 Å². The molecule has 3 aliphatic carbocycles. The van der Waals surface area contributed by atoms with Crippen LogP contribution in [0.2, 0.25) is 0 Å². The fraction of sp³-hybridized carbons (Fsp3) is 0.600. The number of rotatable bonds is 0. The molecule has 3 rings (SSSR count). The van der Waals surface area contributed by atoms with Crippen LogP contribution < -0.4 is 0 Å². The molecule has 1 nitrogen and oxygen atoms in total. The Bertz CT molecular complexity index is 241. The van der Waals surface area contributed by atoms with Crippen molar-refractivity contribution in [1.29, 1.82) is 0 Å². The van der Waals surface area contributed by atoms with Crippen LogP contribution in [-0.2, 0) is 0 Å². The van der Waals surface area contributed by atoms with Gasteiger partial charge in [-0.05, 0) is 18.3 Å². The summed E-state index contributed by atoms with van der Waals surface area (Å²) < 4.78 is 0. The molecule has 11 heavy (non-hydrogen) atoms. The largest absolute Gasteiger partial charge is 0.392 e. The van der Waals surface area contributed by atoms with Gasteiger partial charge in [-0.15, -0.1) is 0 Å². The van der Waals surface area contributed by atoms with Gasteiger partial charge in [-0.3, -0.25) is 0 Å². The highest BCUT2D eigenvalue weighted by Gasteiger charge is 2.50. The first kappa shape index (κ1) is 6.01. The molecule has 1 N–H and O–H groups in total. The molecule has 0 amide bonds. The van der Waals surface area contributed by atoms with Crippen molar-refractivity contribution in [2.24, 2.45) is 23.7 Å². The van der Waals surface area contributed by atoms with Crippen molar-refractivity contribution >= 4 is 0 Å². The predicted molar refractivity (Wildman–Crippen MR) is 42.9 cm³/mol. The van der Waals surface area contributed by atoms with E-state index in [2.05, 4.69) is 24.3 Å². The van der Waals surface area contributed by atoms with Gasteiger partial charge in [-0.1, -0.05) is 24.3 Å². The first-order valence-corrected chi connectivity index (χ1v) is 4.41. The van der Waals surface area contributed by atoms with Crippen molar-refractivity contribution in [3.8, 4) is 0 Å².